The monoisotopic (exact) mass is 271 g/mol. The predicted octanol–water partition coefficient (Wildman–Crippen LogP) is 2.23. The summed E-state index contributed by atoms with van der Waals surface area (Å²) in [4.78, 5) is 19.1. The van der Waals surface area contributed by atoms with Crippen molar-refractivity contribution in [2.75, 3.05) is 7.05 Å². The quantitative estimate of drug-likeness (QED) is 0.856. The molecular weight excluding hydrogens is 250 g/mol. The van der Waals surface area contributed by atoms with Crippen molar-refractivity contribution in [3.8, 4) is 0 Å². The highest BCUT2D eigenvalue weighted by Gasteiger charge is 2.30. The van der Waals surface area contributed by atoms with Crippen LogP contribution < -0.4 is 5.56 Å². The van der Waals surface area contributed by atoms with Gasteiger partial charge in [0.2, 0.25) is 0 Å². The second-order valence-electron chi connectivity index (χ2n) is 6.01. The number of pyridine rings is 1. The van der Waals surface area contributed by atoms with Gasteiger partial charge < -0.3 is 0 Å². The van der Waals surface area contributed by atoms with E-state index in [0.717, 1.165) is 29.4 Å². The molecule has 0 aliphatic heterocycles. The van der Waals surface area contributed by atoms with Gasteiger partial charge in [0.15, 0.2) is 0 Å². The first-order valence-electron chi connectivity index (χ1n) is 7.24. The molecule has 1 aliphatic rings. The van der Waals surface area contributed by atoms with E-state index in [1.54, 1.807) is 10.5 Å². The molecule has 2 aromatic rings. The average Bonchev–Trinajstić information content (AvgIpc) is 3.23. The zero-order valence-electron chi connectivity index (χ0n) is 12.3. The summed E-state index contributed by atoms with van der Waals surface area (Å²) in [7, 11) is 2.11. The van der Waals surface area contributed by atoms with Gasteiger partial charge in [-0.1, -0.05) is 6.07 Å². The Morgan fingerprint density at radius 1 is 1.45 bits per heavy atom. The van der Waals surface area contributed by atoms with Crippen LogP contribution in [-0.2, 0) is 6.54 Å². The molecule has 0 amide bonds. The molecule has 2 heterocycles. The molecule has 1 fully saturated rings. The standard InChI is InChI=1S/C16H21N3O/c1-11-4-7-15-17-14(8-16(20)19(15)9-11)10-18(3)12(2)13-5-6-13/h4,7-9,12-13H,5-6,10H2,1-3H3. The van der Waals surface area contributed by atoms with Crippen molar-refractivity contribution in [1.29, 1.82) is 0 Å². The van der Waals surface area contributed by atoms with Crippen molar-refractivity contribution in [3.63, 3.8) is 0 Å². The Hall–Kier alpha value is -1.68. The van der Waals surface area contributed by atoms with Gasteiger partial charge in [0, 0.05) is 24.8 Å². The number of fused-ring (bicyclic) bond motifs is 1. The maximum absolute atomic E-state index is 12.2. The van der Waals surface area contributed by atoms with Crippen LogP contribution in [0.5, 0.6) is 0 Å². The first kappa shape index (κ1) is 13.3. The number of hydrogen-bond donors (Lipinski definition) is 0. The molecule has 4 nitrogen and oxygen atoms in total. The minimum atomic E-state index is 0.00109. The molecule has 4 heteroatoms. The van der Waals surface area contributed by atoms with Crippen molar-refractivity contribution in [3.05, 3.63) is 46.0 Å². The zero-order valence-corrected chi connectivity index (χ0v) is 12.3. The fourth-order valence-electron chi connectivity index (χ4n) is 2.68. The molecule has 0 bridgehead atoms. The minimum Gasteiger partial charge on any atom is -0.298 e. The van der Waals surface area contributed by atoms with Crippen LogP contribution in [0.3, 0.4) is 0 Å². The summed E-state index contributed by atoms with van der Waals surface area (Å²) < 4.78 is 1.61. The number of hydrogen-bond acceptors (Lipinski definition) is 3. The first-order valence-corrected chi connectivity index (χ1v) is 7.24. The predicted molar refractivity (Wildman–Crippen MR) is 79.9 cm³/mol. The van der Waals surface area contributed by atoms with Gasteiger partial charge in [-0.3, -0.25) is 14.1 Å². The fourth-order valence-corrected chi connectivity index (χ4v) is 2.68. The lowest BCUT2D eigenvalue weighted by Crippen LogP contribution is -2.31. The SMILES string of the molecule is Cc1ccc2nc(CN(C)C(C)C3CC3)cc(=O)n2c1. The van der Waals surface area contributed by atoms with Gasteiger partial charge in [0.25, 0.3) is 5.56 Å². The molecule has 1 atom stereocenters. The number of rotatable bonds is 4. The third-order valence-corrected chi connectivity index (χ3v) is 4.27. The van der Waals surface area contributed by atoms with Crippen LogP contribution in [-0.4, -0.2) is 27.4 Å². The van der Waals surface area contributed by atoms with Gasteiger partial charge in [-0.05, 0) is 51.3 Å². The molecule has 0 saturated heterocycles. The van der Waals surface area contributed by atoms with Crippen molar-refractivity contribution in [1.82, 2.24) is 14.3 Å². The number of aryl methyl sites for hydroxylation is 1. The fraction of sp³-hybridized carbons (Fsp3) is 0.500. The van der Waals surface area contributed by atoms with E-state index in [0.29, 0.717) is 6.04 Å². The van der Waals surface area contributed by atoms with Crippen molar-refractivity contribution in [2.24, 2.45) is 5.92 Å². The normalized spacial score (nSPS) is 16.8. The third-order valence-electron chi connectivity index (χ3n) is 4.27. The van der Waals surface area contributed by atoms with E-state index in [1.165, 1.54) is 12.8 Å². The largest absolute Gasteiger partial charge is 0.298 e. The lowest BCUT2D eigenvalue weighted by atomic mass is 10.2. The van der Waals surface area contributed by atoms with E-state index < -0.39 is 0 Å². The van der Waals surface area contributed by atoms with E-state index in [9.17, 15) is 4.79 Å². The molecule has 0 radical (unpaired) electrons. The van der Waals surface area contributed by atoms with Crippen LogP contribution in [0.15, 0.2) is 29.2 Å². The number of nitrogens with zero attached hydrogens (tertiary/aromatic N) is 3. The Balaban J connectivity index is 1.88. The van der Waals surface area contributed by atoms with Gasteiger partial charge in [-0.25, -0.2) is 4.98 Å². The Morgan fingerprint density at radius 2 is 2.20 bits per heavy atom. The van der Waals surface area contributed by atoms with E-state index in [-0.39, 0.29) is 5.56 Å². The molecule has 0 aromatic carbocycles. The van der Waals surface area contributed by atoms with Crippen LogP contribution in [0.25, 0.3) is 5.65 Å². The van der Waals surface area contributed by atoms with Crippen LogP contribution in [0, 0.1) is 12.8 Å². The van der Waals surface area contributed by atoms with E-state index >= 15 is 0 Å². The third kappa shape index (κ3) is 2.61. The first-order chi connectivity index (χ1) is 9.54. The maximum Gasteiger partial charge on any atom is 0.258 e. The zero-order chi connectivity index (χ0) is 14.3. The van der Waals surface area contributed by atoms with E-state index in [2.05, 4.69) is 23.9 Å². The molecule has 3 rings (SSSR count). The summed E-state index contributed by atoms with van der Waals surface area (Å²) in [5.74, 6) is 0.823. The highest BCUT2D eigenvalue weighted by molar-refractivity contribution is 5.39. The lowest BCUT2D eigenvalue weighted by molar-refractivity contribution is 0.224. The van der Waals surface area contributed by atoms with Crippen molar-refractivity contribution >= 4 is 5.65 Å². The highest BCUT2D eigenvalue weighted by Crippen LogP contribution is 2.34. The van der Waals surface area contributed by atoms with Gasteiger partial charge >= 0.3 is 0 Å². The Kier molecular flexibility index (Phi) is 3.34. The van der Waals surface area contributed by atoms with Crippen molar-refractivity contribution < 1.29 is 0 Å². The summed E-state index contributed by atoms with van der Waals surface area (Å²) in [6, 6.07) is 6.11. The molecule has 1 unspecified atom stereocenters. The molecule has 1 saturated carbocycles. The van der Waals surface area contributed by atoms with Gasteiger partial charge in [0.1, 0.15) is 5.65 Å². The number of aromatic nitrogens is 2. The molecule has 106 valence electrons. The Labute approximate surface area is 119 Å². The smallest absolute Gasteiger partial charge is 0.258 e. The Bertz CT molecular complexity index is 688. The van der Waals surface area contributed by atoms with Gasteiger partial charge in [-0.15, -0.1) is 0 Å². The summed E-state index contributed by atoms with van der Waals surface area (Å²) in [6.07, 6.45) is 4.50. The summed E-state index contributed by atoms with van der Waals surface area (Å²) >= 11 is 0. The van der Waals surface area contributed by atoms with E-state index in [1.807, 2.05) is 25.3 Å². The van der Waals surface area contributed by atoms with Crippen LogP contribution in [0.1, 0.15) is 31.0 Å². The van der Waals surface area contributed by atoms with Crippen LogP contribution in [0.4, 0.5) is 0 Å². The molecule has 0 spiro atoms. The second kappa shape index (κ2) is 5.02. The van der Waals surface area contributed by atoms with Gasteiger partial charge in [0.05, 0.1) is 5.69 Å². The second-order valence-corrected chi connectivity index (χ2v) is 6.01. The summed E-state index contributed by atoms with van der Waals surface area (Å²) in [6.45, 7) is 4.97. The molecule has 20 heavy (non-hydrogen) atoms. The summed E-state index contributed by atoms with van der Waals surface area (Å²) in [5.41, 5.74) is 2.65. The molecule has 1 aliphatic carbocycles. The highest BCUT2D eigenvalue weighted by atomic mass is 16.1. The lowest BCUT2D eigenvalue weighted by Gasteiger charge is -2.24. The van der Waals surface area contributed by atoms with Gasteiger partial charge in [-0.2, -0.15) is 0 Å². The Morgan fingerprint density at radius 3 is 2.90 bits per heavy atom. The molecule has 0 N–H and O–H groups in total. The van der Waals surface area contributed by atoms with Crippen molar-refractivity contribution in [2.45, 2.75) is 39.3 Å². The summed E-state index contributed by atoms with van der Waals surface area (Å²) in [5, 5.41) is 0. The van der Waals surface area contributed by atoms with E-state index in [4.69, 9.17) is 0 Å². The maximum atomic E-state index is 12.2. The van der Waals surface area contributed by atoms with Crippen LogP contribution in [0.2, 0.25) is 0 Å². The molecular formula is C16H21N3O. The minimum absolute atomic E-state index is 0.00109. The van der Waals surface area contributed by atoms with Crippen LogP contribution >= 0.6 is 0 Å². The average molecular weight is 271 g/mol. The topological polar surface area (TPSA) is 37.6 Å². The molecule has 2 aromatic heterocycles.